The highest BCUT2D eigenvalue weighted by molar-refractivity contribution is 8.00. The van der Waals surface area contributed by atoms with E-state index in [1.165, 1.54) is 11.8 Å². The first-order chi connectivity index (χ1) is 23.3. The normalized spacial score (nSPS) is 11.7. The standard InChI is InChI=1S/C40H37N3O4S/c1-4-47-34-20-18-29(19-21-34)25-36(43-38(44)31-14-9-6-10-15-31)39(45)41-32-16-11-17-35(26-32)48-37(30-12-7-5-8-13-30)40(46)42-33-23-27(2)22-28(3)24-33/h5-26,37H,4H2,1-3H3,(H,41,45)(H,42,46)(H,43,44)/b36-25+. The van der Waals surface area contributed by atoms with E-state index in [9.17, 15) is 14.4 Å². The molecule has 5 aromatic carbocycles. The van der Waals surface area contributed by atoms with Crippen molar-refractivity contribution in [3.63, 3.8) is 0 Å². The Balaban J connectivity index is 1.38. The number of amides is 3. The van der Waals surface area contributed by atoms with Crippen molar-refractivity contribution < 1.29 is 19.1 Å². The maximum absolute atomic E-state index is 13.7. The highest BCUT2D eigenvalue weighted by Gasteiger charge is 2.23. The molecule has 0 saturated carbocycles. The van der Waals surface area contributed by atoms with Crippen molar-refractivity contribution in [3.8, 4) is 5.75 Å². The Labute approximate surface area is 285 Å². The fourth-order valence-corrected chi connectivity index (χ4v) is 6.16. The summed E-state index contributed by atoms with van der Waals surface area (Å²) in [5, 5.41) is 8.23. The van der Waals surface area contributed by atoms with Crippen molar-refractivity contribution in [2.24, 2.45) is 0 Å². The van der Waals surface area contributed by atoms with Gasteiger partial charge in [-0.1, -0.05) is 72.8 Å². The second-order valence-corrected chi connectivity index (χ2v) is 12.3. The van der Waals surface area contributed by atoms with Gasteiger partial charge in [0.1, 0.15) is 16.7 Å². The average molecular weight is 656 g/mol. The summed E-state index contributed by atoms with van der Waals surface area (Å²) in [5.74, 6) is -0.357. The smallest absolute Gasteiger partial charge is 0.272 e. The van der Waals surface area contributed by atoms with Gasteiger partial charge in [-0.25, -0.2) is 0 Å². The minimum absolute atomic E-state index is 0.0704. The van der Waals surface area contributed by atoms with Crippen LogP contribution in [0.2, 0.25) is 0 Å². The third-order valence-corrected chi connectivity index (χ3v) is 8.45. The number of aryl methyl sites for hydroxylation is 2. The summed E-state index contributed by atoms with van der Waals surface area (Å²) in [7, 11) is 0. The molecule has 8 heteroatoms. The van der Waals surface area contributed by atoms with Gasteiger partial charge in [0.05, 0.1) is 6.61 Å². The molecular formula is C40H37N3O4S. The molecule has 1 atom stereocenters. The van der Waals surface area contributed by atoms with Crippen molar-refractivity contribution in [3.05, 3.63) is 161 Å². The van der Waals surface area contributed by atoms with Crippen LogP contribution in [-0.2, 0) is 9.59 Å². The molecule has 0 bridgehead atoms. The molecule has 0 fully saturated rings. The zero-order valence-corrected chi connectivity index (χ0v) is 27.8. The minimum atomic E-state index is -0.557. The van der Waals surface area contributed by atoms with E-state index in [1.807, 2.05) is 112 Å². The molecule has 3 amide bonds. The molecule has 3 N–H and O–H groups in total. The molecule has 0 heterocycles. The molecule has 48 heavy (non-hydrogen) atoms. The topological polar surface area (TPSA) is 96.5 Å². The molecule has 0 aliphatic heterocycles. The maximum Gasteiger partial charge on any atom is 0.272 e. The van der Waals surface area contributed by atoms with Gasteiger partial charge in [-0.2, -0.15) is 0 Å². The van der Waals surface area contributed by atoms with E-state index in [0.717, 1.165) is 27.3 Å². The van der Waals surface area contributed by atoms with Gasteiger partial charge in [-0.05, 0) is 104 Å². The van der Waals surface area contributed by atoms with Crippen molar-refractivity contribution >= 4 is 46.9 Å². The zero-order valence-electron chi connectivity index (χ0n) is 27.0. The first-order valence-corrected chi connectivity index (χ1v) is 16.5. The lowest BCUT2D eigenvalue weighted by Gasteiger charge is -2.18. The number of rotatable bonds is 12. The Morgan fingerprint density at radius 1 is 0.729 bits per heavy atom. The Morgan fingerprint density at radius 2 is 1.40 bits per heavy atom. The number of benzene rings is 5. The molecule has 0 aliphatic rings. The number of ether oxygens (including phenoxy) is 1. The van der Waals surface area contributed by atoms with Gasteiger partial charge in [-0.15, -0.1) is 11.8 Å². The van der Waals surface area contributed by atoms with E-state index in [2.05, 4.69) is 22.0 Å². The summed E-state index contributed by atoms with van der Waals surface area (Å²) in [4.78, 5) is 41.2. The van der Waals surface area contributed by atoms with Crippen LogP contribution >= 0.6 is 11.8 Å². The van der Waals surface area contributed by atoms with E-state index in [0.29, 0.717) is 29.2 Å². The van der Waals surface area contributed by atoms with Crippen LogP contribution < -0.4 is 20.7 Å². The van der Waals surface area contributed by atoms with Gasteiger partial charge < -0.3 is 20.7 Å². The van der Waals surface area contributed by atoms with E-state index in [4.69, 9.17) is 4.74 Å². The molecule has 5 aromatic rings. The number of carbonyl (C=O) groups is 3. The van der Waals surface area contributed by atoms with Crippen LogP contribution in [0.1, 0.15) is 44.8 Å². The summed E-state index contributed by atoms with van der Waals surface area (Å²) in [6, 6.07) is 38.8. The molecule has 1 unspecified atom stereocenters. The van der Waals surface area contributed by atoms with Crippen molar-refractivity contribution in [2.45, 2.75) is 30.9 Å². The highest BCUT2D eigenvalue weighted by Crippen LogP contribution is 2.37. The van der Waals surface area contributed by atoms with E-state index >= 15 is 0 Å². The minimum Gasteiger partial charge on any atom is -0.494 e. The lowest BCUT2D eigenvalue weighted by atomic mass is 10.1. The number of hydrogen-bond acceptors (Lipinski definition) is 5. The van der Waals surface area contributed by atoms with E-state index in [1.54, 1.807) is 36.4 Å². The van der Waals surface area contributed by atoms with E-state index < -0.39 is 17.1 Å². The highest BCUT2D eigenvalue weighted by atomic mass is 32.2. The Bertz CT molecular complexity index is 1890. The van der Waals surface area contributed by atoms with Crippen molar-refractivity contribution in [1.82, 2.24) is 5.32 Å². The fourth-order valence-electron chi connectivity index (χ4n) is 5.07. The summed E-state index contributed by atoms with van der Waals surface area (Å²) in [5.41, 5.74) is 5.43. The predicted molar refractivity (Wildman–Crippen MR) is 194 cm³/mol. The van der Waals surface area contributed by atoms with Gasteiger partial charge >= 0.3 is 0 Å². The SMILES string of the molecule is CCOc1ccc(/C=C(/NC(=O)c2ccccc2)C(=O)Nc2cccc(SC(C(=O)Nc3cc(C)cc(C)c3)c3ccccc3)c2)cc1. The Kier molecular flexibility index (Phi) is 11.5. The monoisotopic (exact) mass is 655 g/mol. The zero-order chi connectivity index (χ0) is 33.9. The molecule has 0 spiro atoms. The molecule has 0 radical (unpaired) electrons. The number of thioether (sulfide) groups is 1. The Morgan fingerprint density at radius 3 is 2.06 bits per heavy atom. The predicted octanol–water partition coefficient (Wildman–Crippen LogP) is 8.58. The van der Waals surface area contributed by atoms with E-state index in [-0.39, 0.29) is 11.6 Å². The number of nitrogens with one attached hydrogen (secondary N) is 3. The lowest BCUT2D eigenvalue weighted by molar-refractivity contribution is -0.116. The summed E-state index contributed by atoms with van der Waals surface area (Å²) >= 11 is 1.38. The summed E-state index contributed by atoms with van der Waals surface area (Å²) in [6.07, 6.45) is 1.62. The van der Waals surface area contributed by atoms with Crippen LogP contribution in [0.3, 0.4) is 0 Å². The summed E-state index contributed by atoms with van der Waals surface area (Å²) in [6.45, 7) is 6.44. The molecule has 242 valence electrons. The molecule has 0 aliphatic carbocycles. The van der Waals surface area contributed by atoms with Gasteiger partial charge in [0, 0.05) is 21.8 Å². The summed E-state index contributed by atoms with van der Waals surface area (Å²) < 4.78 is 5.54. The van der Waals surface area contributed by atoms with Gasteiger partial charge in [0.25, 0.3) is 11.8 Å². The van der Waals surface area contributed by atoms with Crippen LogP contribution in [0.15, 0.2) is 138 Å². The molecule has 5 rings (SSSR count). The second kappa shape index (κ2) is 16.3. The maximum atomic E-state index is 13.7. The third-order valence-electron chi connectivity index (χ3n) is 7.21. The van der Waals surface area contributed by atoms with Gasteiger partial charge in [-0.3, -0.25) is 14.4 Å². The van der Waals surface area contributed by atoms with Crippen LogP contribution in [0.5, 0.6) is 5.75 Å². The lowest BCUT2D eigenvalue weighted by Crippen LogP contribution is -2.30. The number of carbonyl (C=O) groups excluding carboxylic acids is 3. The number of hydrogen-bond donors (Lipinski definition) is 3. The molecule has 7 nitrogen and oxygen atoms in total. The van der Waals surface area contributed by atoms with Crippen molar-refractivity contribution in [1.29, 1.82) is 0 Å². The Hall–Kier alpha value is -5.60. The van der Waals surface area contributed by atoms with Crippen molar-refractivity contribution in [2.75, 3.05) is 17.2 Å². The molecular weight excluding hydrogens is 619 g/mol. The van der Waals surface area contributed by atoms with Crippen LogP contribution in [0.25, 0.3) is 6.08 Å². The fraction of sp³-hybridized carbons (Fsp3) is 0.125. The van der Waals surface area contributed by atoms with Crippen LogP contribution in [0, 0.1) is 13.8 Å². The van der Waals surface area contributed by atoms with Crippen LogP contribution in [0.4, 0.5) is 11.4 Å². The van der Waals surface area contributed by atoms with Gasteiger partial charge in [0.15, 0.2) is 0 Å². The number of anilines is 2. The quantitative estimate of drug-likeness (QED) is 0.0924. The average Bonchev–Trinajstić information content (AvgIpc) is 3.08. The molecule has 0 saturated heterocycles. The first-order valence-electron chi connectivity index (χ1n) is 15.6. The molecule has 0 aromatic heterocycles. The van der Waals surface area contributed by atoms with Crippen LogP contribution in [-0.4, -0.2) is 24.3 Å². The largest absolute Gasteiger partial charge is 0.494 e. The van der Waals surface area contributed by atoms with Gasteiger partial charge in [0.2, 0.25) is 5.91 Å². The second-order valence-electron chi connectivity index (χ2n) is 11.1. The first kappa shape index (κ1) is 33.8. The third kappa shape index (κ3) is 9.47.